The molecule has 0 saturated heterocycles. The molecule has 0 aliphatic heterocycles. The van der Waals surface area contributed by atoms with E-state index in [1.54, 1.807) is 6.07 Å². The van der Waals surface area contributed by atoms with Crippen molar-refractivity contribution in [3.63, 3.8) is 0 Å². The summed E-state index contributed by atoms with van der Waals surface area (Å²) in [5.41, 5.74) is 0. The first-order valence-electron chi connectivity index (χ1n) is 6.12. The molecule has 0 bridgehead atoms. The second-order valence-corrected chi connectivity index (χ2v) is 4.26. The van der Waals surface area contributed by atoms with Gasteiger partial charge in [0.1, 0.15) is 6.10 Å². The summed E-state index contributed by atoms with van der Waals surface area (Å²) in [5.74, 6) is 0.273. The van der Waals surface area contributed by atoms with Gasteiger partial charge in [0.25, 0.3) is 0 Å². The van der Waals surface area contributed by atoms with Gasteiger partial charge in [-0.2, -0.15) is 0 Å². The third-order valence-electron chi connectivity index (χ3n) is 2.89. The topological polar surface area (TPSA) is 65.0 Å². The summed E-state index contributed by atoms with van der Waals surface area (Å²) in [5, 5.41) is 10.9. The number of ether oxygens (including phenoxy) is 3. The Hall–Kier alpha value is -2.27. The van der Waals surface area contributed by atoms with E-state index in [1.165, 1.54) is 21.1 Å². The molecule has 1 unspecified atom stereocenters. The number of rotatable bonds is 4. The fourth-order valence-corrected chi connectivity index (χ4v) is 1.90. The molecular formula is C15H16O5. The van der Waals surface area contributed by atoms with E-state index in [4.69, 9.17) is 14.2 Å². The summed E-state index contributed by atoms with van der Waals surface area (Å²) in [6.07, 6.45) is -1.22. The Morgan fingerprint density at radius 1 is 1.15 bits per heavy atom. The van der Waals surface area contributed by atoms with Crippen LogP contribution in [0.3, 0.4) is 0 Å². The van der Waals surface area contributed by atoms with Crippen molar-refractivity contribution in [1.29, 1.82) is 0 Å². The van der Waals surface area contributed by atoms with Gasteiger partial charge >= 0.3 is 5.97 Å². The van der Waals surface area contributed by atoms with Crippen LogP contribution in [-0.4, -0.2) is 31.4 Å². The highest BCUT2D eigenvalue weighted by molar-refractivity contribution is 5.95. The molecule has 0 aliphatic carbocycles. The van der Waals surface area contributed by atoms with Gasteiger partial charge in [-0.1, -0.05) is 24.3 Å². The molecule has 0 aliphatic rings. The molecule has 2 aromatic carbocycles. The highest BCUT2D eigenvalue weighted by Gasteiger charge is 2.21. The van der Waals surface area contributed by atoms with E-state index in [2.05, 4.69) is 0 Å². The zero-order valence-electron chi connectivity index (χ0n) is 11.5. The van der Waals surface area contributed by atoms with E-state index in [0.29, 0.717) is 16.9 Å². The maximum absolute atomic E-state index is 11.7. The molecule has 5 heteroatoms. The van der Waals surface area contributed by atoms with Crippen molar-refractivity contribution in [2.75, 3.05) is 14.2 Å². The minimum absolute atomic E-state index is 0.244. The summed E-state index contributed by atoms with van der Waals surface area (Å²) < 4.78 is 15.8. The minimum Gasteiger partial charge on any atom is -0.493 e. The molecule has 2 aromatic rings. The number of hydrogen-bond acceptors (Lipinski definition) is 5. The lowest BCUT2D eigenvalue weighted by Gasteiger charge is -2.16. The lowest BCUT2D eigenvalue weighted by molar-refractivity contribution is -0.142. The van der Waals surface area contributed by atoms with E-state index in [9.17, 15) is 9.90 Å². The van der Waals surface area contributed by atoms with Gasteiger partial charge in [0, 0.05) is 5.39 Å². The van der Waals surface area contributed by atoms with Crippen molar-refractivity contribution in [3.05, 3.63) is 30.3 Å². The number of carbonyl (C=O) groups excluding carboxylic acids is 1. The Bertz CT molecular complexity index is 633. The molecule has 1 N–H and O–H groups in total. The largest absolute Gasteiger partial charge is 0.493 e. The monoisotopic (exact) mass is 276 g/mol. The first-order chi connectivity index (χ1) is 9.58. The number of hydrogen-bond donors (Lipinski definition) is 1. The number of carbonyl (C=O) groups is 1. The molecule has 1 atom stereocenters. The number of benzene rings is 2. The number of fused-ring (bicyclic) bond motifs is 1. The second kappa shape index (κ2) is 5.79. The highest BCUT2D eigenvalue weighted by Crippen LogP contribution is 2.43. The molecule has 0 fully saturated rings. The van der Waals surface area contributed by atoms with E-state index in [1.807, 2.05) is 24.3 Å². The Morgan fingerprint density at radius 3 is 2.45 bits per heavy atom. The van der Waals surface area contributed by atoms with Gasteiger partial charge in [-0.25, -0.2) is 4.79 Å². The molecule has 5 nitrogen and oxygen atoms in total. The van der Waals surface area contributed by atoms with Crippen LogP contribution in [0.1, 0.15) is 6.92 Å². The van der Waals surface area contributed by atoms with Crippen molar-refractivity contribution in [3.8, 4) is 17.2 Å². The normalized spacial score (nSPS) is 12.0. The molecule has 106 valence electrons. The summed E-state index contributed by atoms with van der Waals surface area (Å²) in [7, 11) is 2.97. The molecule has 0 radical (unpaired) electrons. The molecule has 0 spiro atoms. The molecular weight excluding hydrogens is 260 g/mol. The Kier molecular flexibility index (Phi) is 4.10. The minimum atomic E-state index is -1.22. The predicted octanol–water partition coefficient (Wildman–Crippen LogP) is 2.14. The fourth-order valence-electron chi connectivity index (χ4n) is 1.90. The molecule has 0 amide bonds. The van der Waals surface area contributed by atoms with Gasteiger partial charge in [-0.05, 0) is 18.4 Å². The van der Waals surface area contributed by atoms with Gasteiger partial charge in [0.05, 0.1) is 14.2 Å². The third-order valence-corrected chi connectivity index (χ3v) is 2.89. The van der Waals surface area contributed by atoms with Crippen molar-refractivity contribution in [2.45, 2.75) is 13.0 Å². The first-order valence-corrected chi connectivity index (χ1v) is 6.12. The summed E-state index contributed by atoms with van der Waals surface area (Å²) in [6, 6.07) is 9.18. The Balaban J connectivity index is 2.66. The maximum atomic E-state index is 11.7. The smallest absolute Gasteiger partial charge is 0.340 e. The fraction of sp³-hybridized carbons (Fsp3) is 0.267. The van der Waals surface area contributed by atoms with Crippen molar-refractivity contribution >= 4 is 16.7 Å². The summed E-state index contributed by atoms with van der Waals surface area (Å²) >= 11 is 0. The number of esters is 1. The van der Waals surface area contributed by atoms with Gasteiger partial charge in [-0.3, -0.25) is 0 Å². The van der Waals surface area contributed by atoms with E-state index in [-0.39, 0.29) is 5.75 Å². The summed E-state index contributed by atoms with van der Waals surface area (Å²) in [6.45, 7) is 1.34. The zero-order valence-corrected chi connectivity index (χ0v) is 11.5. The predicted molar refractivity (Wildman–Crippen MR) is 74.4 cm³/mol. The van der Waals surface area contributed by atoms with Crippen LogP contribution in [-0.2, 0) is 4.79 Å². The number of aliphatic hydroxyl groups excluding tert-OH is 1. The Morgan fingerprint density at radius 2 is 1.85 bits per heavy atom. The first kappa shape index (κ1) is 14.1. The molecule has 20 heavy (non-hydrogen) atoms. The van der Waals surface area contributed by atoms with Crippen molar-refractivity contribution < 1.29 is 24.1 Å². The average Bonchev–Trinajstić information content (AvgIpc) is 2.46. The Labute approximate surface area is 116 Å². The number of methoxy groups -OCH3 is 2. The zero-order chi connectivity index (χ0) is 14.7. The van der Waals surface area contributed by atoms with Crippen LogP contribution in [0.4, 0.5) is 0 Å². The van der Waals surface area contributed by atoms with Crippen LogP contribution >= 0.6 is 0 Å². The van der Waals surface area contributed by atoms with E-state index >= 15 is 0 Å². The second-order valence-electron chi connectivity index (χ2n) is 4.26. The van der Waals surface area contributed by atoms with E-state index < -0.39 is 12.1 Å². The summed E-state index contributed by atoms with van der Waals surface area (Å²) in [4.78, 5) is 11.7. The quantitative estimate of drug-likeness (QED) is 0.684. The van der Waals surface area contributed by atoms with Gasteiger partial charge in [0.15, 0.2) is 11.5 Å². The molecule has 0 aromatic heterocycles. The van der Waals surface area contributed by atoms with Crippen LogP contribution in [0.15, 0.2) is 30.3 Å². The molecule has 0 saturated carbocycles. The molecule has 2 rings (SSSR count). The molecule has 0 heterocycles. The van der Waals surface area contributed by atoms with Crippen molar-refractivity contribution in [1.82, 2.24) is 0 Å². The standard InChI is InChI=1S/C15H16O5/c1-9(16)15(17)20-13-11-7-5-4-6-10(11)8-12(18-2)14(13)19-3/h4-9,16H,1-3H3. The lowest BCUT2D eigenvalue weighted by Crippen LogP contribution is -2.22. The van der Waals surface area contributed by atoms with E-state index in [0.717, 1.165) is 5.39 Å². The van der Waals surface area contributed by atoms with Crippen LogP contribution in [0.25, 0.3) is 10.8 Å². The maximum Gasteiger partial charge on any atom is 0.340 e. The van der Waals surface area contributed by atoms with Crippen molar-refractivity contribution in [2.24, 2.45) is 0 Å². The van der Waals surface area contributed by atoms with Crippen LogP contribution in [0, 0.1) is 0 Å². The van der Waals surface area contributed by atoms with Gasteiger partial charge in [0.2, 0.25) is 5.75 Å². The average molecular weight is 276 g/mol. The SMILES string of the molecule is COc1cc2ccccc2c(OC(=O)C(C)O)c1OC. The van der Waals surface area contributed by atoms with Gasteiger partial charge < -0.3 is 19.3 Å². The van der Waals surface area contributed by atoms with Crippen LogP contribution < -0.4 is 14.2 Å². The number of aliphatic hydroxyl groups is 1. The third kappa shape index (κ3) is 2.53. The lowest BCUT2D eigenvalue weighted by atomic mass is 10.1. The van der Waals surface area contributed by atoms with Crippen LogP contribution in [0.2, 0.25) is 0 Å². The highest BCUT2D eigenvalue weighted by atomic mass is 16.6. The van der Waals surface area contributed by atoms with Gasteiger partial charge in [-0.15, -0.1) is 0 Å². The van der Waals surface area contributed by atoms with Crippen LogP contribution in [0.5, 0.6) is 17.2 Å².